The number of carbonyl (C=O) groups excluding carboxylic acids is 1. The van der Waals surface area contributed by atoms with Gasteiger partial charge in [-0.15, -0.1) is 0 Å². The van der Waals surface area contributed by atoms with Crippen LogP contribution < -0.4 is 0 Å². The molecule has 31 heavy (non-hydrogen) atoms. The van der Waals surface area contributed by atoms with Crippen molar-refractivity contribution in [1.82, 2.24) is 19.8 Å². The molecule has 3 aromatic rings. The summed E-state index contributed by atoms with van der Waals surface area (Å²) in [7, 11) is 0. The third kappa shape index (κ3) is 2.78. The monoisotopic (exact) mass is 410 g/mol. The van der Waals surface area contributed by atoms with Crippen molar-refractivity contribution in [3.8, 4) is 6.07 Å². The third-order valence-electron chi connectivity index (χ3n) is 7.34. The first-order valence-electron chi connectivity index (χ1n) is 10.8. The number of fused-ring (bicyclic) bond motifs is 2. The lowest BCUT2D eigenvalue weighted by molar-refractivity contribution is -0.148. The summed E-state index contributed by atoms with van der Waals surface area (Å²) in [5.74, 6) is 1.14. The van der Waals surface area contributed by atoms with Gasteiger partial charge < -0.3 is 0 Å². The lowest BCUT2D eigenvalue weighted by Crippen LogP contribution is -2.44. The van der Waals surface area contributed by atoms with Crippen molar-refractivity contribution in [1.29, 1.82) is 5.26 Å². The van der Waals surface area contributed by atoms with Gasteiger partial charge in [-0.2, -0.15) is 15.5 Å². The molecule has 3 aliphatic carbocycles. The number of hydrazone groups is 1. The number of carbonyl (C=O) groups is 1. The van der Waals surface area contributed by atoms with Gasteiger partial charge in [0.15, 0.2) is 0 Å². The predicted octanol–water partition coefficient (Wildman–Crippen LogP) is 3.68. The van der Waals surface area contributed by atoms with Crippen LogP contribution in [0.25, 0.3) is 11.0 Å². The molecule has 3 saturated carbocycles. The van der Waals surface area contributed by atoms with Crippen molar-refractivity contribution < 1.29 is 4.79 Å². The Bertz CT molecular complexity index is 1250. The van der Waals surface area contributed by atoms with Crippen LogP contribution in [0.1, 0.15) is 42.9 Å². The van der Waals surface area contributed by atoms with Gasteiger partial charge in [-0.1, -0.05) is 12.1 Å². The van der Waals surface area contributed by atoms with Crippen molar-refractivity contribution in [3.05, 3.63) is 59.9 Å². The molecule has 0 saturated heterocycles. The van der Waals surface area contributed by atoms with Crippen molar-refractivity contribution >= 4 is 23.2 Å². The number of aromatic nitrogens is 3. The average molecular weight is 410 g/mol. The Morgan fingerprint density at radius 3 is 3.00 bits per heavy atom. The summed E-state index contributed by atoms with van der Waals surface area (Å²) in [4.78, 5) is 18.0. The molecule has 7 rings (SSSR count). The minimum atomic E-state index is -0.302. The van der Waals surface area contributed by atoms with Gasteiger partial charge in [-0.25, -0.2) is 5.01 Å². The van der Waals surface area contributed by atoms with Gasteiger partial charge in [0.05, 0.1) is 34.8 Å². The van der Waals surface area contributed by atoms with E-state index in [-0.39, 0.29) is 17.4 Å². The molecule has 3 fully saturated rings. The summed E-state index contributed by atoms with van der Waals surface area (Å²) in [6.45, 7) is 0.825. The molecule has 0 N–H and O–H groups in total. The Labute approximate surface area is 180 Å². The molecule has 2 unspecified atom stereocenters. The Morgan fingerprint density at radius 1 is 1.23 bits per heavy atom. The first kappa shape index (κ1) is 18.3. The minimum absolute atomic E-state index is 0.116. The van der Waals surface area contributed by atoms with Crippen LogP contribution in [0.3, 0.4) is 0 Å². The highest BCUT2D eigenvalue weighted by Crippen LogP contribution is 2.63. The topological polar surface area (TPSA) is 87.2 Å². The van der Waals surface area contributed by atoms with Gasteiger partial charge in [0, 0.05) is 25.4 Å². The number of pyridine rings is 1. The van der Waals surface area contributed by atoms with Crippen LogP contribution in [-0.4, -0.2) is 31.9 Å². The van der Waals surface area contributed by atoms with Gasteiger partial charge in [0.25, 0.3) is 0 Å². The maximum Gasteiger partial charge on any atom is 0.249 e. The van der Waals surface area contributed by atoms with Crippen molar-refractivity contribution in [2.45, 2.75) is 38.3 Å². The lowest BCUT2D eigenvalue weighted by atomic mass is 9.68. The number of amides is 1. The van der Waals surface area contributed by atoms with Crippen LogP contribution in [-0.2, 0) is 11.3 Å². The quantitative estimate of drug-likeness (QED) is 0.656. The molecule has 2 aromatic heterocycles. The second kappa shape index (κ2) is 6.74. The molecular weight excluding hydrogens is 388 g/mol. The van der Waals surface area contributed by atoms with E-state index >= 15 is 0 Å². The van der Waals surface area contributed by atoms with Gasteiger partial charge in [0.2, 0.25) is 5.91 Å². The van der Waals surface area contributed by atoms with E-state index < -0.39 is 0 Å². The van der Waals surface area contributed by atoms with Gasteiger partial charge in [-0.05, 0) is 60.9 Å². The molecule has 0 radical (unpaired) electrons. The lowest BCUT2D eigenvalue weighted by Gasteiger charge is -2.40. The van der Waals surface area contributed by atoms with Gasteiger partial charge >= 0.3 is 0 Å². The third-order valence-corrected chi connectivity index (χ3v) is 7.34. The predicted molar refractivity (Wildman–Crippen MR) is 115 cm³/mol. The fourth-order valence-corrected chi connectivity index (χ4v) is 5.81. The largest absolute Gasteiger partial charge is 0.272 e. The number of rotatable bonds is 4. The highest BCUT2D eigenvalue weighted by molar-refractivity contribution is 5.87. The van der Waals surface area contributed by atoms with E-state index in [1.807, 2.05) is 41.4 Å². The van der Waals surface area contributed by atoms with Crippen LogP contribution in [0.15, 0.2) is 53.9 Å². The zero-order chi connectivity index (χ0) is 21.0. The number of nitrogens with zero attached hydrogens (tertiary/aromatic N) is 6. The molecule has 3 heterocycles. The standard InChI is InChI=1S/C24H22N6O/c25-13-16-3-1-4-17(9-16)21-6-8-27-30(21)23(31)24-10-18(11-24)19(12-24)15-29-22-5-2-7-26-20(22)14-28-29/h1-5,7-9,14,18-19,21H,6,10-12,15H2. The molecule has 154 valence electrons. The Kier molecular flexibility index (Phi) is 3.97. The van der Waals surface area contributed by atoms with Crippen molar-refractivity contribution in [2.75, 3.05) is 0 Å². The number of nitriles is 1. The summed E-state index contributed by atoms with van der Waals surface area (Å²) in [6.07, 6.45) is 8.87. The van der Waals surface area contributed by atoms with E-state index in [0.717, 1.165) is 42.4 Å². The second-order valence-corrected chi connectivity index (χ2v) is 9.08. The summed E-state index contributed by atoms with van der Waals surface area (Å²) in [5.41, 5.74) is 3.24. The average Bonchev–Trinajstić information content (AvgIpc) is 3.56. The van der Waals surface area contributed by atoms with E-state index in [4.69, 9.17) is 0 Å². The minimum Gasteiger partial charge on any atom is -0.272 e. The highest BCUT2D eigenvalue weighted by Gasteiger charge is 2.61. The fourth-order valence-electron chi connectivity index (χ4n) is 5.81. The highest BCUT2D eigenvalue weighted by atomic mass is 16.2. The van der Waals surface area contributed by atoms with Gasteiger partial charge in [0.1, 0.15) is 5.52 Å². The molecular formula is C24H22N6O. The Morgan fingerprint density at radius 2 is 2.13 bits per heavy atom. The van der Waals surface area contributed by atoms with Gasteiger partial charge in [-0.3, -0.25) is 14.5 Å². The molecule has 4 aliphatic rings. The van der Waals surface area contributed by atoms with Crippen LogP contribution >= 0.6 is 0 Å². The number of hydrogen-bond donors (Lipinski definition) is 0. The molecule has 1 aromatic carbocycles. The zero-order valence-electron chi connectivity index (χ0n) is 17.1. The molecule has 2 bridgehead atoms. The smallest absolute Gasteiger partial charge is 0.249 e. The summed E-state index contributed by atoms with van der Waals surface area (Å²) < 4.78 is 2.04. The second-order valence-electron chi connectivity index (χ2n) is 9.08. The zero-order valence-corrected chi connectivity index (χ0v) is 17.1. The molecule has 0 spiro atoms. The van der Waals surface area contributed by atoms with E-state index in [2.05, 4.69) is 27.3 Å². The van der Waals surface area contributed by atoms with E-state index in [1.165, 1.54) is 0 Å². The number of hydrogen-bond acceptors (Lipinski definition) is 5. The van der Waals surface area contributed by atoms with Crippen LogP contribution in [0, 0.1) is 28.6 Å². The van der Waals surface area contributed by atoms with E-state index in [9.17, 15) is 10.1 Å². The first-order valence-corrected chi connectivity index (χ1v) is 10.8. The molecule has 7 heteroatoms. The molecule has 2 atom stereocenters. The Balaban J connectivity index is 1.20. The normalized spacial score (nSPS) is 28.6. The molecule has 1 amide bonds. The van der Waals surface area contributed by atoms with Crippen molar-refractivity contribution in [3.63, 3.8) is 0 Å². The fraction of sp³-hybridized carbons (Fsp3) is 0.375. The van der Waals surface area contributed by atoms with E-state index in [0.29, 0.717) is 23.8 Å². The summed E-state index contributed by atoms with van der Waals surface area (Å²) in [6, 6.07) is 13.6. The SMILES string of the molecule is N#Cc1cccc(C2CC=NN2C(=O)C23CC(Cn4ncc5ncccc54)C(C2)C3)c1. The maximum atomic E-state index is 13.6. The van der Waals surface area contributed by atoms with Crippen molar-refractivity contribution in [2.24, 2.45) is 22.4 Å². The van der Waals surface area contributed by atoms with Crippen LogP contribution in [0.2, 0.25) is 0 Å². The first-order chi connectivity index (χ1) is 15.2. The van der Waals surface area contributed by atoms with Crippen LogP contribution in [0.5, 0.6) is 0 Å². The van der Waals surface area contributed by atoms with E-state index in [1.54, 1.807) is 17.3 Å². The van der Waals surface area contributed by atoms with Crippen LogP contribution in [0.4, 0.5) is 0 Å². The summed E-state index contributed by atoms with van der Waals surface area (Å²) in [5, 5.41) is 19.9. The molecule has 1 aliphatic heterocycles. The molecule has 7 nitrogen and oxygen atoms in total. The maximum absolute atomic E-state index is 13.6. The summed E-state index contributed by atoms with van der Waals surface area (Å²) >= 11 is 0. The number of benzene rings is 1. The Hall–Kier alpha value is -3.53.